The van der Waals surface area contributed by atoms with Crippen LogP contribution in [-0.4, -0.2) is 18.9 Å². The molecule has 0 aromatic heterocycles. The van der Waals surface area contributed by atoms with E-state index in [0.717, 1.165) is 25.7 Å². The minimum atomic E-state index is -0.291. The monoisotopic (exact) mass is 226 g/mol. The molecule has 1 unspecified atom stereocenters. The number of carbonyl (C=O) groups is 2. The molecule has 0 radical (unpaired) electrons. The number of ether oxygens (including phenoxy) is 1. The molecular weight excluding hydrogens is 204 g/mol. The van der Waals surface area contributed by atoms with Crippen molar-refractivity contribution in [2.45, 2.75) is 51.9 Å². The maximum Gasteiger partial charge on any atom is 0.308 e. The number of rotatable bonds is 4. The molecular formula is C13H22O3. The largest absolute Gasteiger partial charge is 0.469 e. The second-order valence-corrected chi connectivity index (χ2v) is 4.78. The summed E-state index contributed by atoms with van der Waals surface area (Å²) in [6.45, 7) is 1.76. The topological polar surface area (TPSA) is 43.4 Å². The summed E-state index contributed by atoms with van der Waals surface area (Å²) in [4.78, 5) is 23.2. The van der Waals surface area contributed by atoms with Gasteiger partial charge in [-0.2, -0.15) is 0 Å². The smallest absolute Gasteiger partial charge is 0.308 e. The van der Waals surface area contributed by atoms with E-state index in [-0.39, 0.29) is 23.6 Å². The van der Waals surface area contributed by atoms with Gasteiger partial charge in [-0.3, -0.25) is 9.59 Å². The molecule has 0 aromatic carbocycles. The van der Waals surface area contributed by atoms with Crippen molar-refractivity contribution in [1.82, 2.24) is 0 Å². The molecule has 1 rings (SSSR count). The van der Waals surface area contributed by atoms with E-state index in [1.165, 1.54) is 20.0 Å². The maximum absolute atomic E-state index is 12.0. The standard InChI is InChI=1S/C13H22O3/c1-10(13(15)16-2)9-12(14)11-7-5-3-4-6-8-11/h10-11H,3-9H2,1-2H3. The second kappa shape index (κ2) is 6.66. The fourth-order valence-electron chi connectivity index (χ4n) is 2.35. The van der Waals surface area contributed by atoms with Crippen LogP contribution in [0, 0.1) is 11.8 Å². The van der Waals surface area contributed by atoms with Gasteiger partial charge >= 0.3 is 5.97 Å². The molecule has 0 heterocycles. The van der Waals surface area contributed by atoms with E-state index in [9.17, 15) is 9.59 Å². The summed E-state index contributed by atoms with van der Waals surface area (Å²) in [5.74, 6) is -0.128. The Kier molecular flexibility index (Phi) is 5.50. The normalized spacial score (nSPS) is 19.9. The summed E-state index contributed by atoms with van der Waals surface area (Å²) in [5, 5.41) is 0. The Labute approximate surface area is 97.5 Å². The number of methoxy groups -OCH3 is 1. The van der Waals surface area contributed by atoms with E-state index in [2.05, 4.69) is 4.74 Å². The molecule has 1 atom stereocenters. The van der Waals surface area contributed by atoms with Crippen LogP contribution in [0.25, 0.3) is 0 Å². The number of Topliss-reactive ketones (excluding diaryl/α,β-unsaturated/α-hetero) is 1. The van der Waals surface area contributed by atoms with E-state index in [1.807, 2.05) is 0 Å². The van der Waals surface area contributed by atoms with Gasteiger partial charge in [0, 0.05) is 12.3 Å². The quantitative estimate of drug-likeness (QED) is 0.547. The van der Waals surface area contributed by atoms with Crippen LogP contribution in [0.2, 0.25) is 0 Å². The van der Waals surface area contributed by atoms with Gasteiger partial charge in [0.25, 0.3) is 0 Å². The van der Waals surface area contributed by atoms with Crippen LogP contribution in [0.15, 0.2) is 0 Å². The van der Waals surface area contributed by atoms with E-state index < -0.39 is 0 Å². The van der Waals surface area contributed by atoms with Crippen molar-refractivity contribution < 1.29 is 14.3 Å². The molecule has 0 spiro atoms. The summed E-state index contributed by atoms with van der Waals surface area (Å²) in [6, 6.07) is 0. The molecule has 1 aliphatic rings. The summed E-state index contributed by atoms with van der Waals surface area (Å²) in [5.41, 5.74) is 0. The lowest BCUT2D eigenvalue weighted by molar-refractivity contribution is -0.146. The van der Waals surface area contributed by atoms with Gasteiger partial charge in [0.15, 0.2) is 0 Å². The summed E-state index contributed by atoms with van der Waals surface area (Å²) in [6.07, 6.45) is 7.16. The Bertz CT molecular complexity index is 240. The number of carbonyl (C=O) groups excluding carboxylic acids is 2. The second-order valence-electron chi connectivity index (χ2n) is 4.78. The zero-order valence-corrected chi connectivity index (χ0v) is 10.3. The first-order valence-electron chi connectivity index (χ1n) is 6.25. The predicted molar refractivity (Wildman–Crippen MR) is 62.0 cm³/mol. The first kappa shape index (κ1) is 13.2. The Morgan fingerprint density at radius 3 is 2.25 bits per heavy atom. The number of hydrogen-bond donors (Lipinski definition) is 0. The fourth-order valence-corrected chi connectivity index (χ4v) is 2.35. The van der Waals surface area contributed by atoms with Gasteiger partial charge in [-0.25, -0.2) is 0 Å². The van der Waals surface area contributed by atoms with Gasteiger partial charge in [0.05, 0.1) is 13.0 Å². The van der Waals surface area contributed by atoms with Crippen molar-refractivity contribution >= 4 is 11.8 Å². The van der Waals surface area contributed by atoms with Gasteiger partial charge < -0.3 is 4.74 Å². The summed E-state index contributed by atoms with van der Waals surface area (Å²) < 4.78 is 4.63. The molecule has 0 saturated heterocycles. The third-order valence-corrected chi connectivity index (χ3v) is 3.42. The van der Waals surface area contributed by atoms with Gasteiger partial charge in [-0.15, -0.1) is 0 Å². The maximum atomic E-state index is 12.0. The van der Waals surface area contributed by atoms with Crippen molar-refractivity contribution in [3.8, 4) is 0 Å². The molecule has 1 fully saturated rings. The van der Waals surface area contributed by atoms with Crippen molar-refractivity contribution in [2.24, 2.45) is 11.8 Å². The van der Waals surface area contributed by atoms with Crippen molar-refractivity contribution in [3.63, 3.8) is 0 Å². The molecule has 3 nitrogen and oxygen atoms in total. The molecule has 16 heavy (non-hydrogen) atoms. The highest BCUT2D eigenvalue weighted by atomic mass is 16.5. The molecule has 0 aromatic rings. The van der Waals surface area contributed by atoms with Crippen molar-refractivity contribution in [3.05, 3.63) is 0 Å². The van der Waals surface area contributed by atoms with E-state index in [4.69, 9.17) is 0 Å². The highest BCUT2D eigenvalue weighted by Crippen LogP contribution is 2.25. The molecule has 0 aliphatic heterocycles. The van der Waals surface area contributed by atoms with Crippen LogP contribution in [0.1, 0.15) is 51.9 Å². The van der Waals surface area contributed by atoms with Gasteiger partial charge in [-0.1, -0.05) is 32.6 Å². The third-order valence-electron chi connectivity index (χ3n) is 3.42. The molecule has 92 valence electrons. The Hall–Kier alpha value is -0.860. The minimum absolute atomic E-state index is 0.189. The Morgan fingerprint density at radius 1 is 1.19 bits per heavy atom. The van der Waals surface area contributed by atoms with Crippen LogP contribution >= 0.6 is 0 Å². The molecule has 0 N–H and O–H groups in total. The van der Waals surface area contributed by atoms with Gasteiger partial charge in [0.2, 0.25) is 0 Å². The molecule has 1 aliphatic carbocycles. The van der Waals surface area contributed by atoms with Crippen LogP contribution < -0.4 is 0 Å². The molecule has 0 bridgehead atoms. The zero-order chi connectivity index (χ0) is 12.0. The Morgan fingerprint density at radius 2 is 1.75 bits per heavy atom. The van der Waals surface area contributed by atoms with E-state index >= 15 is 0 Å². The van der Waals surface area contributed by atoms with Crippen LogP contribution in [0.4, 0.5) is 0 Å². The van der Waals surface area contributed by atoms with Crippen LogP contribution in [0.5, 0.6) is 0 Å². The van der Waals surface area contributed by atoms with Crippen LogP contribution in [0.3, 0.4) is 0 Å². The first-order valence-corrected chi connectivity index (χ1v) is 6.25. The third kappa shape index (κ3) is 3.95. The highest BCUT2D eigenvalue weighted by molar-refractivity contribution is 5.85. The summed E-state index contributed by atoms with van der Waals surface area (Å²) >= 11 is 0. The average molecular weight is 226 g/mol. The summed E-state index contributed by atoms with van der Waals surface area (Å²) in [7, 11) is 1.37. The van der Waals surface area contributed by atoms with Gasteiger partial charge in [0.1, 0.15) is 5.78 Å². The van der Waals surface area contributed by atoms with E-state index in [0.29, 0.717) is 6.42 Å². The fraction of sp³-hybridized carbons (Fsp3) is 0.846. The molecule has 3 heteroatoms. The zero-order valence-electron chi connectivity index (χ0n) is 10.3. The molecule has 1 saturated carbocycles. The van der Waals surface area contributed by atoms with Crippen LogP contribution in [-0.2, 0) is 14.3 Å². The van der Waals surface area contributed by atoms with Crippen molar-refractivity contribution in [2.75, 3.05) is 7.11 Å². The number of ketones is 1. The number of esters is 1. The highest BCUT2D eigenvalue weighted by Gasteiger charge is 2.24. The van der Waals surface area contributed by atoms with Gasteiger partial charge in [-0.05, 0) is 12.8 Å². The molecule has 0 amide bonds. The van der Waals surface area contributed by atoms with E-state index in [1.54, 1.807) is 6.92 Å². The lowest BCUT2D eigenvalue weighted by Gasteiger charge is -2.15. The SMILES string of the molecule is COC(=O)C(C)CC(=O)C1CCCCCC1. The lowest BCUT2D eigenvalue weighted by Crippen LogP contribution is -2.21. The minimum Gasteiger partial charge on any atom is -0.469 e. The van der Waals surface area contributed by atoms with Crippen molar-refractivity contribution in [1.29, 1.82) is 0 Å². The average Bonchev–Trinajstić information content (AvgIpc) is 2.56. The Balaban J connectivity index is 2.41. The first-order chi connectivity index (χ1) is 7.65. The lowest BCUT2D eigenvalue weighted by atomic mass is 9.90. The number of hydrogen-bond acceptors (Lipinski definition) is 3. The predicted octanol–water partition coefficient (Wildman–Crippen LogP) is 2.73.